The third kappa shape index (κ3) is 1.41. The highest BCUT2D eigenvalue weighted by molar-refractivity contribution is 7.71. The molecule has 0 aromatic heterocycles. The highest BCUT2D eigenvalue weighted by atomic mass is 35.6. The SMILES string of the molecule is Cl[Si]12CCCC[Si]1(Cl)CCCC2. The molecule has 0 radical (unpaired) electrons. The summed E-state index contributed by atoms with van der Waals surface area (Å²) in [6.45, 7) is -2.80. The van der Waals surface area contributed by atoms with Crippen molar-refractivity contribution in [2.75, 3.05) is 0 Å². The molecule has 0 amide bonds. The maximum absolute atomic E-state index is 6.79. The Kier molecular flexibility index (Phi) is 2.63. The van der Waals surface area contributed by atoms with Crippen molar-refractivity contribution in [3.8, 4) is 0 Å². The van der Waals surface area contributed by atoms with Crippen LogP contribution in [0.1, 0.15) is 25.7 Å². The Morgan fingerprint density at radius 1 is 0.583 bits per heavy atom. The van der Waals surface area contributed by atoms with Gasteiger partial charge in [0.05, 0.1) is 0 Å². The van der Waals surface area contributed by atoms with Crippen molar-refractivity contribution in [2.45, 2.75) is 49.9 Å². The third-order valence-electron chi connectivity index (χ3n) is 3.60. The Balaban J connectivity index is 2.20. The predicted octanol–water partition coefficient (Wildman–Crippen LogP) is 4.02. The van der Waals surface area contributed by atoms with Gasteiger partial charge in [-0.25, -0.2) is 0 Å². The zero-order valence-corrected chi connectivity index (χ0v) is 10.9. The summed E-state index contributed by atoms with van der Waals surface area (Å²) in [4.78, 5) is 0. The molecule has 2 heterocycles. The maximum atomic E-state index is 6.79. The third-order valence-corrected chi connectivity index (χ3v) is 27.3. The van der Waals surface area contributed by atoms with Gasteiger partial charge < -0.3 is 0 Å². The fourth-order valence-electron chi connectivity index (χ4n) is 2.77. The zero-order valence-electron chi connectivity index (χ0n) is 7.41. The van der Waals surface area contributed by atoms with E-state index in [4.69, 9.17) is 22.2 Å². The topological polar surface area (TPSA) is 0 Å². The fraction of sp³-hybridized carbons (Fsp3) is 1.00. The van der Waals surface area contributed by atoms with E-state index in [1.807, 2.05) is 0 Å². The largest absolute Gasteiger partial charge is 0.169 e. The molecule has 0 unspecified atom stereocenters. The van der Waals surface area contributed by atoms with Crippen LogP contribution < -0.4 is 0 Å². The van der Waals surface area contributed by atoms with Crippen LogP contribution in [0.15, 0.2) is 0 Å². The van der Waals surface area contributed by atoms with Gasteiger partial charge in [0.2, 0.25) is 0 Å². The number of hydrogen-bond acceptors (Lipinski definition) is 0. The minimum atomic E-state index is -1.40. The van der Waals surface area contributed by atoms with Crippen LogP contribution in [0, 0.1) is 0 Å². The Bertz CT molecular complexity index is 152. The lowest BCUT2D eigenvalue weighted by Crippen LogP contribution is -2.58. The van der Waals surface area contributed by atoms with Gasteiger partial charge in [-0.3, -0.25) is 0 Å². The van der Waals surface area contributed by atoms with Gasteiger partial charge in [-0.15, -0.1) is 0 Å². The number of hydrogen-bond donors (Lipinski definition) is 0. The van der Waals surface area contributed by atoms with Gasteiger partial charge in [-0.1, -0.05) is 25.7 Å². The first-order valence-electron chi connectivity index (χ1n) is 5.04. The van der Waals surface area contributed by atoms with Gasteiger partial charge in [0.15, 0.2) is 13.8 Å². The molecule has 2 saturated heterocycles. The summed E-state index contributed by atoms with van der Waals surface area (Å²) in [5, 5.41) is 0. The Hall–Kier alpha value is 1.01. The van der Waals surface area contributed by atoms with E-state index in [1.54, 1.807) is 0 Å². The summed E-state index contributed by atoms with van der Waals surface area (Å²) >= 11 is 13.6. The second-order valence-electron chi connectivity index (χ2n) is 4.34. The van der Waals surface area contributed by atoms with Gasteiger partial charge in [-0.05, 0) is 24.2 Å². The maximum Gasteiger partial charge on any atom is 0.165 e. The normalized spacial score (nSPS) is 48.5. The van der Waals surface area contributed by atoms with Gasteiger partial charge >= 0.3 is 0 Å². The first kappa shape index (κ1) is 9.56. The predicted molar refractivity (Wildman–Crippen MR) is 60.9 cm³/mol. The Labute approximate surface area is 85.8 Å². The molecule has 2 rings (SSSR count). The van der Waals surface area contributed by atoms with Gasteiger partial charge in [0.1, 0.15) is 0 Å². The van der Waals surface area contributed by atoms with Crippen LogP contribution in [0.4, 0.5) is 0 Å². The molecule has 2 aliphatic heterocycles. The van der Waals surface area contributed by atoms with Crippen molar-refractivity contribution in [3.05, 3.63) is 0 Å². The van der Waals surface area contributed by atoms with Crippen LogP contribution in [0.2, 0.25) is 24.2 Å². The fourth-order valence-corrected chi connectivity index (χ4v) is 20.8. The van der Waals surface area contributed by atoms with E-state index >= 15 is 0 Å². The molecule has 0 aromatic carbocycles. The molecule has 12 heavy (non-hydrogen) atoms. The van der Waals surface area contributed by atoms with Gasteiger partial charge in [0, 0.05) is 0 Å². The van der Waals surface area contributed by atoms with Crippen molar-refractivity contribution in [1.29, 1.82) is 0 Å². The molecular formula is C8H16Cl2Si2. The molecule has 0 spiro atoms. The summed E-state index contributed by atoms with van der Waals surface area (Å²) in [6, 6.07) is 5.35. The molecule has 0 atom stereocenters. The lowest BCUT2D eigenvalue weighted by molar-refractivity contribution is 0.781. The highest BCUT2D eigenvalue weighted by Crippen LogP contribution is 2.49. The second-order valence-corrected chi connectivity index (χ2v) is 22.2. The van der Waals surface area contributed by atoms with Crippen LogP contribution in [-0.2, 0) is 0 Å². The monoisotopic (exact) mass is 238 g/mol. The smallest absolute Gasteiger partial charge is 0.165 e. The molecular weight excluding hydrogens is 223 g/mol. The van der Waals surface area contributed by atoms with Crippen molar-refractivity contribution in [3.63, 3.8) is 0 Å². The summed E-state index contributed by atoms with van der Waals surface area (Å²) < 4.78 is 0. The van der Waals surface area contributed by atoms with E-state index in [0.29, 0.717) is 0 Å². The molecule has 0 aliphatic carbocycles. The van der Waals surface area contributed by atoms with Gasteiger partial charge in [-0.2, -0.15) is 22.2 Å². The van der Waals surface area contributed by atoms with Crippen molar-refractivity contribution < 1.29 is 0 Å². The van der Waals surface area contributed by atoms with Crippen LogP contribution in [-0.4, -0.2) is 13.8 Å². The van der Waals surface area contributed by atoms with E-state index in [2.05, 4.69) is 0 Å². The minimum Gasteiger partial charge on any atom is -0.169 e. The van der Waals surface area contributed by atoms with Crippen LogP contribution >= 0.6 is 22.2 Å². The van der Waals surface area contributed by atoms with Crippen LogP contribution in [0.3, 0.4) is 0 Å². The average molecular weight is 239 g/mol. The Morgan fingerprint density at radius 2 is 0.833 bits per heavy atom. The number of halogens is 2. The lowest BCUT2D eigenvalue weighted by atomic mass is 10.4. The molecule has 4 heteroatoms. The first-order valence-corrected chi connectivity index (χ1v) is 12.9. The number of fused-ring (bicyclic) bond motifs is 1. The van der Waals surface area contributed by atoms with Gasteiger partial charge in [0.25, 0.3) is 0 Å². The van der Waals surface area contributed by atoms with Crippen LogP contribution in [0.25, 0.3) is 0 Å². The molecule has 0 nitrogen and oxygen atoms in total. The first-order chi connectivity index (χ1) is 5.66. The minimum absolute atomic E-state index is 1.34. The molecule has 0 aromatic rings. The quantitative estimate of drug-likeness (QED) is 0.442. The molecule has 0 saturated carbocycles. The molecule has 0 N–H and O–H groups in total. The van der Waals surface area contributed by atoms with E-state index in [0.717, 1.165) is 0 Å². The average Bonchev–Trinajstić information content (AvgIpc) is 2.05. The molecule has 0 bridgehead atoms. The summed E-state index contributed by atoms with van der Waals surface area (Å²) in [5.74, 6) is 0. The van der Waals surface area contributed by atoms with E-state index in [9.17, 15) is 0 Å². The van der Waals surface area contributed by atoms with Crippen molar-refractivity contribution in [1.82, 2.24) is 0 Å². The molecule has 2 aliphatic rings. The van der Waals surface area contributed by atoms with Crippen molar-refractivity contribution >= 4 is 36.0 Å². The standard InChI is InChI=1S/C8H16Cl2Si2/c9-11-5-1-2-6-12(11,10)8-4-3-7-11/h1-8H2. The summed E-state index contributed by atoms with van der Waals surface area (Å²) in [5.41, 5.74) is 0. The summed E-state index contributed by atoms with van der Waals surface area (Å²) in [6.07, 6.45) is 5.49. The van der Waals surface area contributed by atoms with Crippen molar-refractivity contribution in [2.24, 2.45) is 0 Å². The lowest BCUT2D eigenvalue weighted by Gasteiger charge is -2.45. The summed E-state index contributed by atoms with van der Waals surface area (Å²) in [7, 11) is 0. The van der Waals surface area contributed by atoms with E-state index in [-0.39, 0.29) is 0 Å². The molecule has 70 valence electrons. The zero-order chi connectivity index (χ0) is 8.66. The van der Waals surface area contributed by atoms with Crippen LogP contribution in [0.5, 0.6) is 0 Å². The Morgan fingerprint density at radius 3 is 1.08 bits per heavy atom. The number of rotatable bonds is 0. The molecule has 2 fully saturated rings. The second kappa shape index (κ2) is 3.30. The van der Waals surface area contributed by atoms with E-state index < -0.39 is 13.8 Å². The van der Waals surface area contributed by atoms with E-state index in [1.165, 1.54) is 49.9 Å². The highest BCUT2D eigenvalue weighted by Gasteiger charge is 2.55.